The molecule has 2 unspecified atom stereocenters. The minimum absolute atomic E-state index is 0.459. The number of hydrogen-bond donors (Lipinski definition) is 1. The van der Waals surface area contributed by atoms with Crippen LogP contribution in [-0.4, -0.2) is 26.3 Å². The highest BCUT2D eigenvalue weighted by atomic mass is 16.5. The fourth-order valence-corrected chi connectivity index (χ4v) is 1.50. The summed E-state index contributed by atoms with van der Waals surface area (Å²) in [4.78, 5) is 0. The molecular formula is C13H29NO. The van der Waals surface area contributed by atoms with Crippen LogP contribution in [0.25, 0.3) is 0 Å². The number of ether oxygens (including phenoxy) is 1. The average Bonchev–Trinajstić information content (AvgIpc) is 2.13. The number of nitrogens with one attached hydrogen (secondary N) is 1. The lowest BCUT2D eigenvalue weighted by Gasteiger charge is -2.25. The van der Waals surface area contributed by atoms with Crippen LogP contribution in [0.5, 0.6) is 0 Å². The Bertz CT molecular complexity index is 151. The van der Waals surface area contributed by atoms with Gasteiger partial charge in [0.05, 0.1) is 6.61 Å². The molecule has 1 N–H and O–H groups in total. The van der Waals surface area contributed by atoms with Crippen molar-refractivity contribution >= 4 is 0 Å². The molecular weight excluding hydrogens is 186 g/mol. The quantitative estimate of drug-likeness (QED) is 0.659. The van der Waals surface area contributed by atoms with Crippen LogP contribution < -0.4 is 5.32 Å². The van der Waals surface area contributed by atoms with Gasteiger partial charge in [-0.2, -0.15) is 0 Å². The van der Waals surface area contributed by atoms with Crippen molar-refractivity contribution in [2.45, 2.75) is 53.5 Å². The van der Waals surface area contributed by atoms with E-state index in [4.69, 9.17) is 4.74 Å². The smallest absolute Gasteiger partial charge is 0.0587 e. The van der Waals surface area contributed by atoms with E-state index >= 15 is 0 Å². The molecule has 0 aromatic carbocycles. The van der Waals surface area contributed by atoms with Gasteiger partial charge in [0.25, 0.3) is 0 Å². The lowest BCUT2D eigenvalue weighted by atomic mass is 9.85. The molecule has 0 aliphatic carbocycles. The molecule has 0 rings (SSSR count). The molecule has 2 atom stereocenters. The summed E-state index contributed by atoms with van der Waals surface area (Å²) in [6, 6.07) is 0.586. The number of rotatable bonds is 7. The summed E-state index contributed by atoms with van der Waals surface area (Å²) in [5.41, 5.74) is 0.459. The van der Waals surface area contributed by atoms with Gasteiger partial charge in [-0.3, -0.25) is 0 Å². The molecule has 0 spiro atoms. The van der Waals surface area contributed by atoms with Gasteiger partial charge in [0.15, 0.2) is 0 Å². The molecule has 0 heterocycles. The first-order valence-corrected chi connectivity index (χ1v) is 6.09. The number of methoxy groups -OCH3 is 1. The van der Waals surface area contributed by atoms with E-state index in [1.54, 1.807) is 7.11 Å². The molecule has 0 fully saturated rings. The topological polar surface area (TPSA) is 21.3 Å². The maximum atomic E-state index is 5.02. The van der Waals surface area contributed by atoms with Gasteiger partial charge < -0.3 is 10.1 Å². The van der Waals surface area contributed by atoms with Gasteiger partial charge in [-0.25, -0.2) is 0 Å². The Morgan fingerprint density at radius 2 is 1.80 bits per heavy atom. The lowest BCUT2D eigenvalue weighted by Crippen LogP contribution is -2.34. The molecule has 0 bridgehead atoms. The van der Waals surface area contributed by atoms with Gasteiger partial charge in [-0.1, -0.05) is 27.7 Å². The van der Waals surface area contributed by atoms with Gasteiger partial charge in [-0.15, -0.1) is 0 Å². The summed E-state index contributed by atoms with van der Waals surface area (Å²) < 4.78 is 5.02. The van der Waals surface area contributed by atoms with Crippen LogP contribution in [-0.2, 0) is 4.74 Å². The van der Waals surface area contributed by atoms with Crippen LogP contribution in [0, 0.1) is 11.3 Å². The van der Waals surface area contributed by atoms with E-state index in [0.29, 0.717) is 11.5 Å². The molecule has 0 saturated carbocycles. The van der Waals surface area contributed by atoms with Crippen LogP contribution in [0.4, 0.5) is 0 Å². The van der Waals surface area contributed by atoms with E-state index in [-0.39, 0.29) is 0 Å². The summed E-state index contributed by atoms with van der Waals surface area (Å²) in [7, 11) is 1.75. The zero-order valence-corrected chi connectivity index (χ0v) is 11.4. The predicted octanol–water partition coefficient (Wildman–Crippen LogP) is 3.07. The Kier molecular flexibility index (Phi) is 7.20. The minimum Gasteiger partial charge on any atom is -0.383 e. The van der Waals surface area contributed by atoms with Crippen LogP contribution in [0.15, 0.2) is 0 Å². The Morgan fingerprint density at radius 1 is 1.20 bits per heavy atom. The summed E-state index contributed by atoms with van der Waals surface area (Å²) >= 11 is 0. The summed E-state index contributed by atoms with van der Waals surface area (Å²) in [5, 5.41) is 3.49. The molecule has 0 aromatic heterocycles. The van der Waals surface area contributed by atoms with E-state index < -0.39 is 0 Å². The van der Waals surface area contributed by atoms with E-state index in [1.807, 2.05) is 0 Å². The monoisotopic (exact) mass is 215 g/mol. The van der Waals surface area contributed by atoms with Gasteiger partial charge in [0.2, 0.25) is 0 Å². The third kappa shape index (κ3) is 8.88. The highest BCUT2D eigenvalue weighted by Crippen LogP contribution is 2.24. The van der Waals surface area contributed by atoms with Gasteiger partial charge in [-0.05, 0) is 31.1 Å². The van der Waals surface area contributed by atoms with Gasteiger partial charge in [0.1, 0.15) is 0 Å². The largest absolute Gasteiger partial charge is 0.383 e. The maximum Gasteiger partial charge on any atom is 0.0587 e. The highest BCUT2D eigenvalue weighted by Gasteiger charge is 2.16. The summed E-state index contributed by atoms with van der Waals surface area (Å²) in [6.07, 6.45) is 2.59. The molecule has 0 aliphatic rings. The first kappa shape index (κ1) is 14.9. The van der Waals surface area contributed by atoms with Crippen LogP contribution >= 0.6 is 0 Å². The molecule has 0 aliphatic heterocycles. The highest BCUT2D eigenvalue weighted by molar-refractivity contribution is 4.71. The van der Waals surface area contributed by atoms with Crippen molar-refractivity contribution in [3.63, 3.8) is 0 Å². The number of hydrogen-bond acceptors (Lipinski definition) is 2. The molecule has 0 saturated heterocycles. The van der Waals surface area contributed by atoms with E-state index in [9.17, 15) is 0 Å². The Balaban J connectivity index is 3.64. The predicted molar refractivity (Wildman–Crippen MR) is 67.2 cm³/mol. The molecule has 2 nitrogen and oxygen atoms in total. The van der Waals surface area contributed by atoms with Crippen LogP contribution in [0.2, 0.25) is 0 Å². The second-order valence-electron chi connectivity index (χ2n) is 5.81. The first-order chi connectivity index (χ1) is 6.87. The summed E-state index contributed by atoms with van der Waals surface area (Å²) in [6.45, 7) is 13.3. The van der Waals surface area contributed by atoms with Crippen LogP contribution in [0.3, 0.4) is 0 Å². The van der Waals surface area contributed by atoms with E-state index in [2.05, 4.69) is 39.9 Å². The van der Waals surface area contributed by atoms with E-state index in [1.165, 1.54) is 12.8 Å². The van der Waals surface area contributed by atoms with Gasteiger partial charge in [0, 0.05) is 19.7 Å². The Morgan fingerprint density at radius 3 is 2.27 bits per heavy atom. The third-order valence-corrected chi connectivity index (χ3v) is 2.98. The van der Waals surface area contributed by atoms with Gasteiger partial charge >= 0.3 is 0 Å². The standard InChI is InChI=1S/C13H29NO/c1-11(7-8-13(3,4)5)12(2)14-9-10-15-6/h11-12,14H,7-10H2,1-6H3. The molecule has 2 heteroatoms. The zero-order chi connectivity index (χ0) is 11.9. The normalized spacial score (nSPS) is 16.4. The molecule has 0 amide bonds. The maximum absolute atomic E-state index is 5.02. The van der Waals surface area contributed by atoms with Crippen molar-refractivity contribution in [1.29, 1.82) is 0 Å². The molecule has 0 aromatic rings. The molecule has 0 radical (unpaired) electrons. The first-order valence-electron chi connectivity index (χ1n) is 6.09. The van der Waals surface area contributed by atoms with Crippen molar-refractivity contribution in [3.8, 4) is 0 Å². The SMILES string of the molecule is COCCNC(C)C(C)CCC(C)(C)C. The van der Waals surface area contributed by atoms with Crippen molar-refractivity contribution in [3.05, 3.63) is 0 Å². The summed E-state index contributed by atoms with van der Waals surface area (Å²) in [5.74, 6) is 0.737. The molecule has 92 valence electrons. The van der Waals surface area contributed by atoms with Crippen LogP contribution in [0.1, 0.15) is 47.5 Å². The van der Waals surface area contributed by atoms with Crippen molar-refractivity contribution in [1.82, 2.24) is 5.32 Å². The van der Waals surface area contributed by atoms with Crippen molar-refractivity contribution in [2.24, 2.45) is 11.3 Å². The fraction of sp³-hybridized carbons (Fsp3) is 1.00. The lowest BCUT2D eigenvalue weighted by molar-refractivity contribution is 0.190. The average molecular weight is 215 g/mol. The Hall–Kier alpha value is -0.0800. The minimum atomic E-state index is 0.459. The molecule has 15 heavy (non-hydrogen) atoms. The third-order valence-electron chi connectivity index (χ3n) is 2.98. The second-order valence-corrected chi connectivity index (χ2v) is 5.81. The fourth-order valence-electron chi connectivity index (χ4n) is 1.50. The zero-order valence-electron chi connectivity index (χ0n) is 11.4. The van der Waals surface area contributed by atoms with E-state index in [0.717, 1.165) is 19.1 Å². The van der Waals surface area contributed by atoms with Crippen molar-refractivity contribution in [2.75, 3.05) is 20.3 Å². The second kappa shape index (κ2) is 7.24. The van der Waals surface area contributed by atoms with Crippen molar-refractivity contribution < 1.29 is 4.74 Å². The Labute approximate surface area is 95.8 Å².